The molecule has 3 rings (SSSR count). The lowest BCUT2D eigenvalue weighted by Gasteiger charge is -2.16. The number of pyridine rings is 1. The van der Waals surface area contributed by atoms with Crippen molar-refractivity contribution in [3.05, 3.63) is 70.3 Å². The Labute approximate surface area is 201 Å². The normalized spacial score (nSPS) is 11.1. The van der Waals surface area contributed by atoms with Crippen LogP contribution in [-0.4, -0.2) is 34.9 Å². The van der Waals surface area contributed by atoms with E-state index in [9.17, 15) is 0 Å². The van der Waals surface area contributed by atoms with Crippen molar-refractivity contribution >= 4 is 29.9 Å². The van der Waals surface area contributed by atoms with Crippen LogP contribution >= 0.6 is 24.0 Å². The van der Waals surface area contributed by atoms with Crippen LogP contribution < -0.4 is 15.4 Å². The summed E-state index contributed by atoms with van der Waals surface area (Å²) >= 11 is 0. The standard InChI is InChI=1S/C23H30N6O.HI/c1-15-12-25-20(18(4)22(15)30-6)14-27-23(24-5)26-13-19-9-7-8-10-21(19)29-17(3)11-16(2)28-29;/h7-12H,13-14H2,1-6H3,(H2,24,26,27);1H. The van der Waals surface area contributed by atoms with Crippen molar-refractivity contribution in [3.63, 3.8) is 0 Å². The van der Waals surface area contributed by atoms with Gasteiger partial charge in [-0.3, -0.25) is 9.98 Å². The number of aryl methyl sites for hydroxylation is 3. The fourth-order valence-corrected chi connectivity index (χ4v) is 3.56. The van der Waals surface area contributed by atoms with Crippen LogP contribution in [0, 0.1) is 27.7 Å². The molecule has 0 unspecified atom stereocenters. The molecule has 0 aliphatic rings. The second-order valence-electron chi connectivity index (χ2n) is 7.29. The van der Waals surface area contributed by atoms with Crippen LogP contribution in [0.5, 0.6) is 5.75 Å². The lowest BCUT2D eigenvalue weighted by Crippen LogP contribution is -2.37. The molecule has 8 heteroatoms. The minimum atomic E-state index is 0. The number of aromatic nitrogens is 3. The number of para-hydroxylation sites is 1. The molecular formula is C23H31IN6O. The maximum absolute atomic E-state index is 5.50. The fourth-order valence-electron chi connectivity index (χ4n) is 3.56. The zero-order valence-corrected chi connectivity index (χ0v) is 21.3. The van der Waals surface area contributed by atoms with Gasteiger partial charge in [0.05, 0.1) is 30.7 Å². The van der Waals surface area contributed by atoms with Gasteiger partial charge in [-0.2, -0.15) is 5.10 Å². The van der Waals surface area contributed by atoms with E-state index in [2.05, 4.69) is 50.8 Å². The quantitative estimate of drug-likeness (QED) is 0.284. The van der Waals surface area contributed by atoms with Crippen LogP contribution in [-0.2, 0) is 13.1 Å². The van der Waals surface area contributed by atoms with Crippen molar-refractivity contribution in [3.8, 4) is 11.4 Å². The number of hydrogen-bond donors (Lipinski definition) is 2. The number of ether oxygens (including phenoxy) is 1. The largest absolute Gasteiger partial charge is 0.496 e. The van der Waals surface area contributed by atoms with Crippen LogP contribution in [0.2, 0.25) is 0 Å². The van der Waals surface area contributed by atoms with Crippen molar-refractivity contribution in [2.45, 2.75) is 40.8 Å². The highest BCUT2D eigenvalue weighted by atomic mass is 127. The zero-order chi connectivity index (χ0) is 21.7. The van der Waals surface area contributed by atoms with E-state index >= 15 is 0 Å². The topological polar surface area (TPSA) is 76.4 Å². The van der Waals surface area contributed by atoms with E-state index in [1.54, 1.807) is 14.2 Å². The van der Waals surface area contributed by atoms with Crippen LogP contribution in [0.4, 0.5) is 0 Å². The number of halogens is 1. The third-order valence-electron chi connectivity index (χ3n) is 5.07. The third kappa shape index (κ3) is 5.75. The number of aliphatic imine (C=N–C) groups is 1. The van der Waals surface area contributed by atoms with Gasteiger partial charge in [-0.25, -0.2) is 4.68 Å². The highest BCUT2D eigenvalue weighted by molar-refractivity contribution is 14.0. The maximum atomic E-state index is 5.50. The van der Waals surface area contributed by atoms with E-state index < -0.39 is 0 Å². The number of benzene rings is 1. The predicted molar refractivity (Wildman–Crippen MR) is 136 cm³/mol. The van der Waals surface area contributed by atoms with Crippen molar-refractivity contribution in [1.82, 2.24) is 25.4 Å². The molecule has 2 heterocycles. The molecule has 0 atom stereocenters. The Morgan fingerprint density at radius 2 is 1.81 bits per heavy atom. The van der Waals surface area contributed by atoms with E-state index in [1.807, 2.05) is 43.8 Å². The van der Waals surface area contributed by atoms with Gasteiger partial charge in [0.25, 0.3) is 0 Å². The van der Waals surface area contributed by atoms with E-state index in [0.29, 0.717) is 19.0 Å². The fraction of sp³-hybridized carbons (Fsp3) is 0.348. The highest BCUT2D eigenvalue weighted by Crippen LogP contribution is 2.23. The Morgan fingerprint density at radius 1 is 1.10 bits per heavy atom. The van der Waals surface area contributed by atoms with E-state index in [1.165, 1.54) is 0 Å². The molecule has 0 spiro atoms. The van der Waals surface area contributed by atoms with E-state index in [4.69, 9.17) is 4.74 Å². The zero-order valence-electron chi connectivity index (χ0n) is 19.0. The Balaban J connectivity index is 0.00000341. The Kier molecular flexibility index (Phi) is 8.85. The summed E-state index contributed by atoms with van der Waals surface area (Å²) in [7, 11) is 3.45. The van der Waals surface area contributed by atoms with Gasteiger partial charge in [0.1, 0.15) is 5.75 Å². The minimum absolute atomic E-state index is 0. The van der Waals surface area contributed by atoms with Crippen LogP contribution in [0.15, 0.2) is 41.5 Å². The molecule has 0 saturated carbocycles. The molecule has 0 amide bonds. The monoisotopic (exact) mass is 534 g/mol. The number of guanidine groups is 1. The number of nitrogens with zero attached hydrogens (tertiary/aromatic N) is 4. The first-order chi connectivity index (χ1) is 14.4. The number of rotatable bonds is 6. The first kappa shape index (κ1) is 24.6. The molecule has 166 valence electrons. The molecule has 0 radical (unpaired) electrons. The van der Waals surface area contributed by atoms with Crippen LogP contribution in [0.1, 0.15) is 33.8 Å². The average molecular weight is 534 g/mol. The second-order valence-corrected chi connectivity index (χ2v) is 7.29. The van der Waals surface area contributed by atoms with Crippen LogP contribution in [0.25, 0.3) is 5.69 Å². The molecule has 0 aliphatic heterocycles. The number of hydrogen-bond acceptors (Lipinski definition) is 4. The summed E-state index contributed by atoms with van der Waals surface area (Å²) in [6.45, 7) is 9.27. The minimum Gasteiger partial charge on any atom is -0.496 e. The molecule has 2 N–H and O–H groups in total. The van der Waals surface area contributed by atoms with Gasteiger partial charge < -0.3 is 15.4 Å². The molecule has 3 aromatic rings. The molecule has 2 aromatic heterocycles. The van der Waals surface area contributed by atoms with E-state index in [-0.39, 0.29) is 24.0 Å². The lowest BCUT2D eigenvalue weighted by molar-refractivity contribution is 0.406. The number of methoxy groups -OCH3 is 1. The molecule has 31 heavy (non-hydrogen) atoms. The Bertz CT molecular complexity index is 1060. The second kappa shape index (κ2) is 11.1. The molecule has 0 aliphatic carbocycles. The first-order valence-electron chi connectivity index (χ1n) is 9.99. The predicted octanol–water partition coefficient (Wildman–Crippen LogP) is 3.99. The summed E-state index contributed by atoms with van der Waals surface area (Å²) in [5, 5.41) is 11.4. The summed E-state index contributed by atoms with van der Waals surface area (Å²) in [4.78, 5) is 8.88. The van der Waals surface area contributed by atoms with Crippen molar-refractivity contribution in [2.75, 3.05) is 14.2 Å². The summed E-state index contributed by atoms with van der Waals surface area (Å²) in [6.07, 6.45) is 1.84. The Hall–Kier alpha value is -2.62. The van der Waals surface area contributed by atoms with Gasteiger partial charge in [0.2, 0.25) is 0 Å². The van der Waals surface area contributed by atoms with Gasteiger partial charge in [-0.05, 0) is 45.4 Å². The van der Waals surface area contributed by atoms with E-state index in [0.717, 1.165) is 45.2 Å². The smallest absolute Gasteiger partial charge is 0.191 e. The average Bonchev–Trinajstić information content (AvgIpc) is 3.08. The van der Waals surface area contributed by atoms with Crippen molar-refractivity contribution in [1.29, 1.82) is 0 Å². The van der Waals surface area contributed by atoms with Gasteiger partial charge >= 0.3 is 0 Å². The number of nitrogens with one attached hydrogen (secondary N) is 2. The van der Waals surface area contributed by atoms with Gasteiger partial charge in [-0.1, -0.05) is 18.2 Å². The maximum Gasteiger partial charge on any atom is 0.191 e. The SMILES string of the molecule is CN=C(NCc1ccccc1-n1nc(C)cc1C)NCc1ncc(C)c(OC)c1C.I. The highest BCUT2D eigenvalue weighted by Gasteiger charge is 2.11. The van der Waals surface area contributed by atoms with Gasteiger partial charge in [0.15, 0.2) is 5.96 Å². The summed E-state index contributed by atoms with van der Waals surface area (Å²) < 4.78 is 7.48. The van der Waals surface area contributed by atoms with Crippen molar-refractivity contribution in [2.24, 2.45) is 4.99 Å². The van der Waals surface area contributed by atoms with Gasteiger partial charge in [0, 0.05) is 36.6 Å². The molecular weight excluding hydrogens is 503 g/mol. The Morgan fingerprint density at radius 3 is 2.45 bits per heavy atom. The summed E-state index contributed by atoms with van der Waals surface area (Å²) in [5.41, 5.74) is 7.31. The molecule has 7 nitrogen and oxygen atoms in total. The van der Waals surface area contributed by atoms with Crippen LogP contribution in [0.3, 0.4) is 0 Å². The molecule has 1 aromatic carbocycles. The summed E-state index contributed by atoms with van der Waals surface area (Å²) in [5.74, 6) is 1.59. The molecule has 0 saturated heterocycles. The third-order valence-corrected chi connectivity index (χ3v) is 5.07. The summed E-state index contributed by atoms with van der Waals surface area (Å²) in [6, 6.07) is 10.3. The molecule has 0 fully saturated rings. The lowest BCUT2D eigenvalue weighted by atomic mass is 10.1. The first-order valence-corrected chi connectivity index (χ1v) is 9.99. The molecule has 0 bridgehead atoms. The van der Waals surface area contributed by atoms with Crippen molar-refractivity contribution < 1.29 is 4.74 Å². The van der Waals surface area contributed by atoms with Gasteiger partial charge in [-0.15, -0.1) is 24.0 Å².